The number of hydrogen-bond acceptors (Lipinski definition) is 4. The molecule has 0 aromatic heterocycles. The van der Waals surface area contributed by atoms with Crippen molar-refractivity contribution in [1.29, 1.82) is 0 Å². The smallest absolute Gasteiger partial charge is 0.307 e. The summed E-state index contributed by atoms with van der Waals surface area (Å²) in [6.45, 7) is 4.65. The number of carbonyl (C=O) groups is 2. The normalized spacial score (nSPS) is 25.9. The van der Waals surface area contributed by atoms with Gasteiger partial charge in [-0.2, -0.15) is 0 Å². The molecule has 15 heavy (non-hydrogen) atoms. The van der Waals surface area contributed by atoms with Gasteiger partial charge in [-0.1, -0.05) is 0 Å². The highest BCUT2D eigenvalue weighted by molar-refractivity contribution is 5.87. The van der Waals surface area contributed by atoms with E-state index in [0.29, 0.717) is 6.54 Å². The van der Waals surface area contributed by atoms with Crippen molar-refractivity contribution in [1.82, 2.24) is 10.2 Å². The number of carbonyl (C=O) groups excluding carboxylic acids is 2. The molecule has 1 aliphatic heterocycles. The van der Waals surface area contributed by atoms with E-state index in [2.05, 4.69) is 10.1 Å². The number of nitrogens with one attached hydrogen (secondary N) is 1. The molecule has 1 N–H and O–H groups in total. The predicted octanol–water partition coefficient (Wildman–Crippen LogP) is -0.242. The molecule has 1 heterocycles. The molecule has 1 unspecified atom stereocenters. The first kappa shape index (κ1) is 12.0. The zero-order chi connectivity index (χ0) is 11.6. The molecular weight excluding hydrogens is 196 g/mol. The fraction of sp³-hybridized carbons (Fsp3) is 0.800. The summed E-state index contributed by atoms with van der Waals surface area (Å²) in [4.78, 5) is 24.7. The van der Waals surface area contributed by atoms with Crippen molar-refractivity contribution in [3.63, 3.8) is 0 Å². The highest BCUT2D eigenvalue weighted by Crippen LogP contribution is 2.21. The minimum absolute atomic E-state index is 0.0995. The third kappa shape index (κ3) is 2.47. The molecule has 0 spiro atoms. The molecule has 1 atom stereocenters. The third-order valence-electron chi connectivity index (χ3n) is 3.01. The molecule has 0 radical (unpaired) electrons. The maximum absolute atomic E-state index is 11.6. The average molecular weight is 214 g/mol. The Balaban J connectivity index is 2.75. The molecular formula is C10H18N2O3. The van der Waals surface area contributed by atoms with E-state index < -0.39 is 6.04 Å². The van der Waals surface area contributed by atoms with E-state index in [0.717, 1.165) is 0 Å². The van der Waals surface area contributed by atoms with Crippen molar-refractivity contribution >= 4 is 11.9 Å². The van der Waals surface area contributed by atoms with E-state index >= 15 is 0 Å². The van der Waals surface area contributed by atoms with E-state index in [1.807, 2.05) is 25.8 Å². The quantitative estimate of drug-likeness (QED) is 0.644. The van der Waals surface area contributed by atoms with Crippen molar-refractivity contribution in [2.24, 2.45) is 0 Å². The Morgan fingerprint density at radius 3 is 2.80 bits per heavy atom. The number of hydrogen-bond donors (Lipinski definition) is 1. The summed E-state index contributed by atoms with van der Waals surface area (Å²) in [5.74, 6) is -0.470. The molecule has 0 aliphatic carbocycles. The largest absolute Gasteiger partial charge is 0.469 e. The van der Waals surface area contributed by atoms with E-state index in [4.69, 9.17) is 0 Å². The highest BCUT2D eigenvalue weighted by atomic mass is 16.5. The van der Waals surface area contributed by atoms with Crippen LogP contribution in [0.4, 0.5) is 0 Å². The Morgan fingerprint density at radius 1 is 1.67 bits per heavy atom. The Kier molecular flexibility index (Phi) is 3.34. The molecule has 1 rings (SSSR count). The van der Waals surface area contributed by atoms with Gasteiger partial charge in [0.25, 0.3) is 0 Å². The topological polar surface area (TPSA) is 58.6 Å². The van der Waals surface area contributed by atoms with Gasteiger partial charge in [0.15, 0.2) is 0 Å². The Bertz CT molecular complexity index is 276. The summed E-state index contributed by atoms with van der Waals surface area (Å²) in [5, 5.41) is 2.79. The molecule has 86 valence electrons. The lowest BCUT2D eigenvalue weighted by Gasteiger charge is -2.44. The van der Waals surface area contributed by atoms with Crippen LogP contribution in [0.2, 0.25) is 0 Å². The van der Waals surface area contributed by atoms with E-state index in [9.17, 15) is 9.59 Å². The van der Waals surface area contributed by atoms with Crippen molar-refractivity contribution in [2.75, 3.05) is 20.7 Å². The van der Waals surface area contributed by atoms with Gasteiger partial charge in [-0.3, -0.25) is 14.5 Å². The summed E-state index contributed by atoms with van der Waals surface area (Å²) in [6.07, 6.45) is 0.0995. The van der Waals surface area contributed by atoms with Crippen molar-refractivity contribution in [3.8, 4) is 0 Å². The second kappa shape index (κ2) is 4.18. The van der Waals surface area contributed by atoms with Gasteiger partial charge in [-0.25, -0.2) is 0 Å². The van der Waals surface area contributed by atoms with Crippen LogP contribution in [0, 0.1) is 0 Å². The standard InChI is InChI=1S/C10H18N2O3/c1-10(2)6-11-9(14)7(12(10)3)5-8(13)15-4/h7H,5-6H2,1-4H3,(H,11,14). The first-order chi connectivity index (χ1) is 6.88. The fourth-order valence-corrected chi connectivity index (χ4v) is 1.61. The molecule has 1 saturated heterocycles. The zero-order valence-electron chi connectivity index (χ0n) is 9.66. The first-order valence-corrected chi connectivity index (χ1v) is 4.96. The number of piperazine rings is 1. The predicted molar refractivity (Wildman–Crippen MR) is 55.3 cm³/mol. The second-order valence-electron chi connectivity index (χ2n) is 4.44. The van der Waals surface area contributed by atoms with Crippen LogP contribution in [0.5, 0.6) is 0 Å². The number of ether oxygens (including phenoxy) is 1. The number of amides is 1. The fourth-order valence-electron chi connectivity index (χ4n) is 1.61. The van der Waals surface area contributed by atoms with Crippen LogP contribution in [0.1, 0.15) is 20.3 Å². The number of nitrogens with zero attached hydrogens (tertiary/aromatic N) is 1. The van der Waals surface area contributed by atoms with Gasteiger partial charge < -0.3 is 10.1 Å². The first-order valence-electron chi connectivity index (χ1n) is 4.96. The summed E-state index contributed by atoms with van der Waals surface area (Å²) in [5.41, 5.74) is -0.132. The molecule has 1 fully saturated rings. The van der Waals surface area contributed by atoms with Gasteiger partial charge in [-0.15, -0.1) is 0 Å². The van der Waals surface area contributed by atoms with Crippen LogP contribution in [0.3, 0.4) is 0 Å². The van der Waals surface area contributed by atoms with E-state index in [1.165, 1.54) is 7.11 Å². The monoisotopic (exact) mass is 214 g/mol. The maximum Gasteiger partial charge on any atom is 0.307 e. The molecule has 0 aromatic carbocycles. The molecule has 0 aromatic rings. The average Bonchev–Trinajstić information content (AvgIpc) is 2.19. The Morgan fingerprint density at radius 2 is 2.27 bits per heavy atom. The minimum atomic E-state index is -0.429. The van der Waals surface area contributed by atoms with Crippen LogP contribution >= 0.6 is 0 Å². The van der Waals surface area contributed by atoms with Crippen LogP contribution in [0.25, 0.3) is 0 Å². The van der Waals surface area contributed by atoms with Crippen molar-refractivity contribution in [2.45, 2.75) is 31.8 Å². The van der Waals surface area contributed by atoms with E-state index in [-0.39, 0.29) is 23.8 Å². The zero-order valence-corrected chi connectivity index (χ0v) is 9.66. The van der Waals surface area contributed by atoms with Crippen LogP contribution in [-0.2, 0) is 14.3 Å². The number of methoxy groups -OCH3 is 1. The summed E-state index contributed by atoms with van der Waals surface area (Å²) in [6, 6.07) is -0.429. The summed E-state index contributed by atoms with van der Waals surface area (Å²) in [7, 11) is 3.18. The SMILES string of the molecule is COC(=O)CC1C(=O)NCC(C)(C)N1C. The third-order valence-corrected chi connectivity index (χ3v) is 3.01. The molecule has 0 bridgehead atoms. The maximum atomic E-state index is 11.6. The number of esters is 1. The number of likely N-dealkylation sites (N-methyl/N-ethyl adjacent to an activating group) is 1. The molecule has 5 nitrogen and oxygen atoms in total. The lowest BCUT2D eigenvalue weighted by Crippen LogP contribution is -2.64. The van der Waals surface area contributed by atoms with Crippen LogP contribution < -0.4 is 5.32 Å². The van der Waals surface area contributed by atoms with Gasteiger partial charge in [-0.05, 0) is 20.9 Å². The van der Waals surface area contributed by atoms with Gasteiger partial charge in [0.2, 0.25) is 5.91 Å². The Labute approximate surface area is 89.8 Å². The van der Waals surface area contributed by atoms with Gasteiger partial charge in [0.05, 0.1) is 19.6 Å². The van der Waals surface area contributed by atoms with E-state index in [1.54, 1.807) is 0 Å². The lowest BCUT2D eigenvalue weighted by molar-refractivity contribution is -0.147. The lowest BCUT2D eigenvalue weighted by atomic mass is 9.95. The van der Waals surface area contributed by atoms with Crippen LogP contribution in [0.15, 0.2) is 0 Å². The minimum Gasteiger partial charge on any atom is -0.469 e. The summed E-state index contributed by atoms with van der Waals surface area (Å²) >= 11 is 0. The molecule has 1 aliphatic rings. The van der Waals surface area contributed by atoms with Crippen molar-refractivity contribution < 1.29 is 14.3 Å². The molecule has 5 heteroatoms. The van der Waals surface area contributed by atoms with Crippen molar-refractivity contribution in [3.05, 3.63) is 0 Å². The highest BCUT2D eigenvalue weighted by Gasteiger charge is 2.39. The molecule has 1 amide bonds. The van der Waals surface area contributed by atoms with Gasteiger partial charge >= 0.3 is 5.97 Å². The van der Waals surface area contributed by atoms with Gasteiger partial charge in [0, 0.05) is 12.1 Å². The summed E-state index contributed by atoms with van der Waals surface area (Å²) < 4.78 is 4.57. The molecule has 0 saturated carbocycles. The Hall–Kier alpha value is -1.10. The van der Waals surface area contributed by atoms with Gasteiger partial charge in [0.1, 0.15) is 0 Å². The second-order valence-corrected chi connectivity index (χ2v) is 4.44. The number of rotatable bonds is 2. The van der Waals surface area contributed by atoms with Crippen LogP contribution in [-0.4, -0.2) is 49.1 Å².